The number of hydrogen-bond acceptors (Lipinski definition) is 3. The number of fused-ring (bicyclic) bond motifs is 3. The van der Waals surface area contributed by atoms with Crippen LogP contribution in [0.3, 0.4) is 0 Å². The number of carbonyl (C=O) groups is 1. The molecule has 3 atom stereocenters. The van der Waals surface area contributed by atoms with E-state index < -0.39 is 0 Å². The molecule has 0 amide bonds. The number of hydrogen-bond donors (Lipinski definition) is 1. The summed E-state index contributed by atoms with van der Waals surface area (Å²) < 4.78 is 5.63. The maximum absolute atomic E-state index is 13.7. The van der Waals surface area contributed by atoms with Crippen LogP contribution in [0.5, 0.6) is 0 Å². The van der Waals surface area contributed by atoms with Crippen LogP contribution in [0.2, 0.25) is 5.02 Å². The molecule has 4 heteroatoms. The minimum absolute atomic E-state index is 0.0192. The minimum atomic E-state index is -0.137. The number of carbonyl (C=O) groups excluding carboxylic acids is 1. The Bertz CT molecular complexity index is 838. The number of rotatable bonds is 2. The first-order valence-electron chi connectivity index (χ1n) is 12.4. The molecule has 0 aromatic heterocycles. The number of nitrogens with one attached hydrogen (secondary N) is 1. The molecule has 170 valence electrons. The van der Waals surface area contributed by atoms with Crippen molar-refractivity contribution in [3.63, 3.8) is 0 Å². The molecule has 1 saturated heterocycles. The third-order valence-electron chi connectivity index (χ3n) is 7.96. The Morgan fingerprint density at radius 2 is 1.97 bits per heavy atom. The van der Waals surface area contributed by atoms with Gasteiger partial charge in [0, 0.05) is 46.5 Å². The van der Waals surface area contributed by atoms with Gasteiger partial charge in [-0.1, -0.05) is 51.3 Å². The lowest BCUT2D eigenvalue weighted by Gasteiger charge is -2.47. The van der Waals surface area contributed by atoms with Crippen molar-refractivity contribution in [2.45, 2.75) is 84.1 Å². The fraction of sp³-hybridized carbons (Fsp3) is 0.667. The molecule has 1 aromatic rings. The van der Waals surface area contributed by atoms with Gasteiger partial charge in [-0.25, -0.2) is 0 Å². The molecular formula is C27H38ClNO2. The fourth-order valence-corrected chi connectivity index (χ4v) is 6.91. The Morgan fingerprint density at radius 3 is 2.74 bits per heavy atom. The second-order valence-electron chi connectivity index (χ2n) is 10.2. The van der Waals surface area contributed by atoms with E-state index >= 15 is 0 Å². The van der Waals surface area contributed by atoms with Gasteiger partial charge in [0.25, 0.3) is 0 Å². The normalized spacial score (nSPS) is 32.5. The summed E-state index contributed by atoms with van der Waals surface area (Å²) >= 11 is 6.33. The van der Waals surface area contributed by atoms with Crippen LogP contribution in [0.1, 0.15) is 83.3 Å². The third kappa shape index (κ3) is 4.59. The van der Waals surface area contributed by atoms with Crippen LogP contribution in [-0.2, 0) is 16.0 Å². The lowest BCUT2D eigenvalue weighted by Crippen LogP contribution is -2.53. The number of ether oxygens (including phenoxy) is 1. The molecule has 2 aliphatic carbocycles. The van der Waals surface area contributed by atoms with Gasteiger partial charge in [0.05, 0.1) is 0 Å². The summed E-state index contributed by atoms with van der Waals surface area (Å²) in [7, 11) is 0. The highest BCUT2D eigenvalue weighted by molar-refractivity contribution is 6.30. The van der Waals surface area contributed by atoms with Crippen molar-refractivity contribution in [2.24, 2.45) is 17.3 Å². The van der Waals surface area contributed by atoms with Gasteiger partial charge >= 0.3 is 0 Å². The number of benzene rings is 1. The number of allylic oxidation sites excluding steroid dienone is 1. The lowest BCUT2D eigenvalue weighted by atomic mass is 9.57. The zero-order chi connectivity index (χ0) is 22.1. The molecule has 4 aliphatic rings. The topological polar surface area (TPSA) is 38.3 Å². The maximum atomic E-state index is 13.7. The van der Waals surface area contributed by atoms with Crippen molar-refractivity contribution in [1.82, 2.24) is 5.32 Å². The SMILES string of the molecule is CC.CC1CC2CCCC(C(=O)/C=C3\NC4(CCOCC4)Cc4cc(Cl)ccc43)(C1)C2. The van der Waals surface area contributed by atoms with Crippen molar-refractivity contribution in [1.29, 1.82) is 0 Å². The molecular weight excluding hydrogens is 406 g/mol. The molecule has 1 N–H and O–H groups in total. The van der Waals surface area contributed by atoms with E-state index in [4.69, 9.17) is 16.3 Å². The van der Waals surface area contributed by atoms with E-state index in [1.54, 1.807) is 0 Å². The van der Waals surface area contributed by atoms with Crippen molar-refractivity contribution in [3.05, 3.63) is 40.4 Å². The predicted octanol–water partition coefficient (Wildman–Crippen LogP) is 6.58. The lowest BCUT2D eigenvalue weighted by molar-refractivity contribution is -0.130. The van der Waals surface area contributed by atoms with E-state index in [2.05, 4.69) is 24.4 Å². The molecule has 1 spiro atoms. The first-order chi connectivity index (χ1) is 15.0. The smallest absolute Gasteiger partial charge is 0.163 e. The molecule has 3 unspecified atom stereocenters. The first-order valence-corrected chi connectivity index (χ1v) is 12.8. The highest BCUT2D eigenvalue weighted by atomic mass is 35.5. The molecule has 5 rings (SSSR count). The molecule has 31 heavy (non-hydrogen) atoms. The van der Waals surface area contributed by atoms with Crippen LogP contribution in [0.4, 0.5) is 0 Å². The quantitative estimate of drug-likeness (QED) is 0.524. The van der Waals surface area contributed by atoms with Gasteiger partial charge < -0.3 is 10.1 Å². The summed E-state index contributed by atoms with van der Waals surface area (Å²) in [5, 5.41) is 4.59. The highest BCUT2D eigenvalue weighted by Gasteiger charge is 2.46. The third-order valence-corrected chi connectivity index (χ3v) is 8.19. The van der Waals surface area contributed by atoms with Gasteiger partial charge in [-0.15, -0.1) is 0 Å². The van der Waals surface area contributed by atoms with Crippen LogP contribution in [-0.4, -0.2) is 24.5 Å². The van der Waals surface area contributed by atoms with E-state index in [0.29, 0.717) is 11.7 Å². The fourth-order valence-electron chi connectivity index (χ4n) is 6.71. The van der Waals surface area contributed by atoms with Crippen molar-refractivity contribution >= 4 is 23.1 Å². The Kier molecular flexibility index (Phi) is 6.84. The van der Waals surface area contributed by atoms with E-state index in [1.165, 1.54) is 24.8 Å². The monoisotopic (exact) mass is 443 g/mol. The summed E-state index contributed by atoms with van der Waals surface area (Å²) in [5.74, 6) is 1.74. The van der Waals surface area contributed by atoms with E-state index in [0.717, 1.165) is 73.9 Å². The minimum Gasteiger partial charge on any atom is -0.381 e. The van der Waals surface area contributed by atoms with E-state index in [-0.39, 0.29) is 11.0 Å². The van der Waals surface area contributed by atoms with Crippen molar-refractivity contribution in [2.75, 3.05) is 13.2 Å². The summed E-state index contributed by atoms with van der Waals surface area (Å²) in [4.78, 5) is 13.7. The molecule has 3 fully saturated rings. The van der Waals surface area contributed by atoms with Crippen molar-refractivity contribution < 1.29 is 9.53 Å². The summed E-state index contributed by atoms with van der Waals surface area (Å²) in [6, 6.07) is 6.12. The molecule has 2 saturated carbocycles. The van der Waals surface area contributed by atoms with Crippen LogP contribution >= 0.6 is 11.6 Å². The first kappa shape index (κ1) is 22.9. The summed E-state index contributed by atoms with van der Waals surface area (Å²) in [6.45, 7) is 7.88. The number of ketones is 1. The van der Waals surface area contributed by atoms with Crippen LogP contribution in [0.15, 0.2) is 24.3 Å². The van der Waals surface area contributed by atoms with Gasteiger partial charge in [-0.2, -0.15) is 0 Å². The Hall–Kier alpha value is -1.32. The standard InChI is InChI=1S/C25H32ClNO2.C2H6/c1-17-11-18-3-2-6-24(14-17,15-18)23(28)13-22-21-5-4-20(26)12-19(21)16-25(27-22)7-9-29-10-8-25;1-2/h4-5,12-13,17-18,27H,2-3,6-11,14-16H2,1H3;1-2H3/b22-13-;. The predicted molar refractivity (Wildman–Crippen MR) is 128 cm³/mol. The van der Waals surface area contributed by atoms with Gasteiger partial charge in [-0.05, 0) is 74.5 Å². The van der Waals surface area contributed by atoms with E-state index in [9.17, 15) is 4.79 Å². The Morgan fingerprint density at radius 1 is 1.19 bits per heavy atom. The van der Waals surface area contributed by atoms with Gasteiger partial charge in [0.2, 0.25) is 0 Å². The molecule has 2 heterocycles. The molecule has 3 nitrogen and oxygen atoms in total. The molecule has 1 aromatic carbocycles. The molecule has 2 bridgehead atoms. The zero-order valence-electron chi connectivity index (χ0n) is 19.4. The van der Waals surface area contributed by atoms with Crippen LogP contribution in [0, 0.1) is 17.3 Å². The largest absolute Gasteiger partial charge is 0.381 e. The van der Waals surface area contributed by atoms with Gasteiger partial charge in [0.15, 0.2) is 5.78 Å². The Balaban J connectivity index is 0.00000112. The molecule has 2 aliphatic heterocycles. The maximum Gasteiger partial charge on any atom is 0.163 e. The zero-order valence-corrected chi connectivity index (χ0v) is 20.2. The van der Waals surface area contributed by atoms with Crippen molar-refractivity contribution in [3.8, 4) is 0 Å². The van der Waals surface area contributed by atoms with Crippen LogP contribution in [0.25, 0.3) is 5.70 Å². The summed E-state index contributed by atoms with van der Waals surface area (Å²) in [5.41, 5.74) is 3.25. The molecule has 0 radical (unpaired) electrons. The second kappa shape index (κ2) is 9.27. The Labute approximate surface area is 193 Å². The van der Waals surface area contributed by atoms with Gasteiger partial charge in [-0.3, -0.25) is 4.79 Å². The summed E-state index contributed by atoms with van der Waals surface area (Å²) in [6.07, 6.45) is 11.9. The average molecular weight is 444 g/mol. The highest BCUT2D eigenvalue weighted by Crippen LogP contribution is 2.52. The number of halogens is 1. The second-order valence-corrected chi connectivity index (χ2v) is 10.6. The van der Waals surface area contributed by atoms with E-state index in [1.807, 2.05) is 26.0 Å². The average Bonchev–Trinajstić information content (AvgIpc) is 2.75. The van der Waals surface area contributed by atoms with Crippen LogP contribution < -0.4 is 5.32 Å². The van der Waals surface area contributed by atoms with Gasteiger partial charge in [0.1, 0.15) is 0 Å².